The molecule has 4 rings (SSSR count). The second kappa shape index (κ2) is 7.06. The Kier molecular flexibility index (Phi) is 4.64. The fourth-order valence-corrected chi connectivity index (χ4v) is 4.22. The molecule has 2 aliphatic carbocycles. The number of anilines is 1. The number of hydrogen-bond acceptors (Lipinski definition) is 5. The van der Waals surface area contributed by atoms with E-state index in [0.29, 0.717) is 17.7 Å². The molecule has 25 heavy (non-hydrogen) atoms. The van der Waals surface area contributed by atoms with Crippen LogP contribution >= 0.6 is 0 Å². The lowest BCUT2D eigenvalue weighted by Crippen LogP contribution is -2.20. The molecule has 2 aliphatic rings. The van der Waals surface area contributed by atoms with E-state index in [0.717, 1.165) is 23.9 Å². The summed E-state index contributed by atoms with van der Waals surface area (Å²) in [5.74, 6) is 1.17. The molecule has 1 saturated carbocycles. The fraction of sp³-hybridized carbons (Fsp3) is 0.600. The zero-order chi connectivity index (χ0) is 17.2. The van der Waals surface area contributed by atoms with Crippen LogP contribution in [-0.4, -0.2) is 30.2 Å². The van der Waals surface area contributed by atoms with E-state index >= 15 is 0 Å². The van der Waals surface area contributed by atoms with Crippen LogP contribution in [0.25, 0.3) is 11.0 Å². The molecular formula is C20H27N3O2. The van der Waals surface area contributed by atoms with Gasteiger partial charge in [-0.3, -0.25) is 4.98 Å². The molecule has 0 aliphatic heterocycles. The molecule has 134 valence electrons. The van der Waals surface area contributed by atoms with Gasteiger partial charge in [-0.2, -0.15) is 0 Å². The van der Waals surface area contributed by atoms with Gasteiger partial charge in [-0.15, -0.1) is 0 Å². The molecule has 0 radical (unpaired) electrons. The Balaban J connectivity index is 1.82. The van der Waals surface area contributed by atoms with Gasteiger partial charge in [-0.1, -0.05) is 25.7 Å². The van der Waals surface area contributed by atoms with Crippen LogP contribution in [0.5, 0.6) is 11.6 Å². The molecule has 1 N–H and O–H groups in total. The maximum atomic E-state index is 5.44. The molecule has 1 fully saturated rings. The molecule has 0 spiro atoms. The van der Waals surface area contributed by atoms with Gasteiger partial charge in [0.15, 0.2) is 5.75 Å². The molecule has 5 heteroatoms. The van der Waals surface area contributed by atoms with Gasteiger partial charge >= 0.3 is 0 Å². The zero-order valence-electron chi connectivity index (χ0n) is 15.2. The number of fused-ring (bicyclic) bond motifs is 2. The third kappa shape index (κ3) is 3.12. The summed E-state index contributed by atoms with van der Waals surface area (Å²) in [5, 5.41) is 3.85. The molecule has 0 aromatic carbocycles. The summed E-state index contributed by atoms with van der Waals surface area (Å²) in [6.45, 7) is 0. The number of nitrogens with zero attached hydrogens (tertiary/aromatic N) is 2. The predicted octanol–water partition coefficient (Wildman–Crippen LogP) is 4.27. The highest BCUT2D eigenvalue weighted by atomic mass is 16.5. The first-order chi connectivity index (χ1) is 12.3. The van der Waals surface area contributed by atoms with Gasteiger partial charge in [0.1, 0.15) is 5.52 Å². The van der Waals surface area contributed by atoms with E-state index in [9.17, 15) is 0 Å². The van der Waals surface area contributed by atoms with E-state index < -0.39 is 0 Å². The van der Waals surface area contributed by atoms with Gasteiger partial charge in [0.05, 0.1) is 25.4 Å². The van der Waals surface area contributed by atoms with Crippen molar-refractivity contribution >= 4 is 16.7 Å². The molecule has 2 heterocycles. The number of rotatable bonds is 4. The van der Waals surface area contributed by atoms with E-state index in [4.69, 9.17) is 19.4 Å². The largest absolute Gasteiger partial charge is 0.491 e. The summed E-state index contributed by atoms with van der Waals surface area (Å²) in [7, 11) is 3.28. The summed E-state index contributed by atoms with van der Waals surface area (Å²) in [6, 6.07) is 2.49. The Morgan fingerprint density at radius 3 is 2.48 bits per heavy atom. The molecular weight excluding hydrogens is 314 g/mol. The summed E-state index contributed by atoms with van der Waals surface area (Å²) >= 11 is 0. The maximum absolute atomic E-state index is 5.44. The second-order valence-electron chi connectivity index (χ2n) is 7.17. The Labute approximate surface area is 149 Å². The van der Waals surface area contributed by atoms with Gasteiger partial charge in [-0.05, 0) is 37.7 Å². The Morgan fingerprint density at radius 2 is 1.76 bits per heavy atom. The summed E-state index contributed by atoms with van der Waals surface area (Å²) in [4.78, 5) is 9.63. The molecule has 0 atom stereocenters. The van der Waals surface area contributed by atoms with Crippen LogP contribution < -0.4 is 14.8 Å². The number of aryl methyl sites for hydroxylation is 1. The first-order valence-electron chi connectivity index (χ1n) is 9.51. The van der Waals surface area contributed by atoms with E-state index in [1.807, 2.05) is 6.07 Å². The minimum Gasteiger partial charge on any atom is -0.491 e. The Hall–Kier alpha value is -2.04. The molecule has 2 aromatic rings. The van der Waals surface area contributed by atoms with E-state index in [2.05, 4.69) is 5.32 Å². The van der Waals surface area contributed by atoms with E-state index in [-0.39, 0.29) is 0 Å². The number of nitrogens with one attached hydrogen (secondary N) is 1. The van der Waals surface area contributed by atoms with Crippen LogP contribution in [0.1, 0.15) is 56.2 Å². The van der Waals surface area contributed by atoms with Crippen LogP contribution in [0.4, 0.5) is 5.69 Å². The topological polar surface area (TPSA) is 56.3 Å². The molecule has 0 saturated heterocycles. The van der Waals surface area contributed by atoms with Crippen LogP contribution in [-0.2, 0) is 12.8 Å². The van der Waals surface area contributed by atoms with Gasteiger partial charge in [-0.25, -0.2) is 4.98 Å². The van der Waals surface area contributed by atoms with Crippen molar-refractivity contribution in [3.05, 3.63) is 17.3 Å². The quantitative estimate of drug-likeness (QED) is 0.842. The van der Waals surface area contributed by atoms with Crippen molar-refractivity contribution in [2.45, 2.75) is 63.8 Å². The van der Waals surface area contributed by atoms with E-state index in [1.54, 1.807) is 14.2 Å². The summed E-state index contributed by atoms with van der Waals surface area (Å²) in [5.41, 5.74) is 5.58. The number of ether oxygens (including phenoxy) is 2. The van der Waals surface area contributed by atoms with Gasteiger partial charge in [0, 0.05) is 17.8 Å². The highest BCUT2D eigenvalue weighted by Gasteiger charge is 2.24. The Morgan fingerprint density at radius 1 is 0.960 bits per heavy atom. The lowest BCUT2D eigenvalue weighted by atomic mass is 10.1. The molecule has 5 nitrogen and oxygen atoms in total. The molecule has 2 aromatic heterocycles. The smallest absolute Gasteiger partial charge is 0.257 e. The summed E-state index contributed by atoms with van der Waals surface area (Å²) in [6.07, 6.45) is 11.1. The minimum atomic E-state index is 0.527. The maximum Gasteiger partial charge on any atom is 0.257 e. The van der Waals surface area contributed by atoms with Crippen molar-refractivity contribution in [3.8, 4) is 11.6 Å². The monoisotopic (exact) mass is 341 g/mol. The summed E-state index contributed by atoms with van der Waals surface area (Å²) < 4.78 is 10.9. The standard InChI is InChI=1S/C20H27N3O2/c1-24-17-12-16-19(23-20(17)25-2)18(14-10-7-11-15(14)22-16)21-13-8-5-3-4-6-9-13/h12-13H,3-11H2,1-2H3,(H,21,22). The minimum absolute atomic E-state index is 0.527. The van der Waals surface area contributed by atoms with Gasteiger partial charge < -0.3 is 14.8 Å². The fourth-order valence-electron chi connectivity index (χ4n) is 4.22. The van der Waals surface area contributed by atoms with Crippen molar-refractivity contribution in [2.75, 3.05) is 19.5 Å². The predicted molar refractivity (Wildman–Crippen MR) is 99.8 cm³/mol. The third-order valence-electron chi connectivity index (χ3n) is 5.53. The normalized spacial score (nSPS) is 18.0. The highest BCUT2D eigenvalue weighted by molar-refractivity contribution is 5.92. The average Bonchev–Trinajstić information content (AvgIpc) is 2.95. The van der Waals surface area contributed by atoms with Crippen molar-refractivity contribution in [3.63, 3.8) is 0 Å². The zero-order valence-corrected chi connectivity index (χ0v) is 15.2. The first-order valence-corrected chi connectivity index (χ1v) is 9.51. The average molecular weight is 341 g/mol. The van der Waals surface area contributed by atoms with Crippen LogP contribution in [0.15, 0.2) is 6.07 Å². The van der Waals surface area contributed by atoms with Crippen LogP contribution in [0.3, 0.4) is 0 Å². The highest BCUT2D eigenvalue weighted by Crippen LogP contribution is 2.38. The Bertz CT molecular complexity index is 767. The first kappa shape index (κ1) is 16.4. The van der Waals surface area contributed by atoms with Gasteiger partial charge in [0.25, 0.3) is 5.88 Å². The van der Waals surface area contributed by atoms with Crippen LogP contribution in [0.2, 0.25) is 0 Å². The van der Waals surface area contributed by atoms with Crippen molar-refractivity contribution in [2.24, 2.45) is 0 Å². The molecule has 0 bridgehead atoms. The van der Waals surface area contributed by atoms with Crippen LogP contribution in [0, 0.1) is 0 Å². The number of methoxy groups -OCH3 is 2. The van der Waals surface area contributed by atoms with Crippen molar-refractivity contribution in [1.29, 1.82) is 0 Å². The number of pyridine rings is 2. The number of aromatic nitrogens is 2. The number of hydrogen-bond donors (Lipinski definition) is 1. The van der Waals surface area contributed by atoms with E-state index in [1.165, 1.54) is 61.9 Å². The third-order valence-corrected chi connectivity index (χ3v) is 5.53. The molecule has 0 amide bonds. The lowest BCUT2D eigenvalue weighted by Gasteiger charge is -2.21. The van der Waals surface area contributed by atoms with Crippen molar-refractivity contribution < 1.29 is 9.47 Å². The SMILES string of the molecule is COc1cc2nc3c(c(NC4CCCCCC4)c2nc1OC)CCC3. The second-order valence-corrected chi connectivity index (χ2v) is 7.17. The molecule has 0 unspecified atom stereocenters. The van der Waals surface area contributed by atoms with Gasteiger partial charge in [0.2, 0.25) is 0 Å². The lowest BCUT2D eigenvalue weighted by molar-refractivity contribution is 0.344. The van der Waals surface area contributed by atoms with Crippen molar-refractivity contribution in [1.82, 2.24) is 9.97 Å².